The normalized spacial score (nSPS) is 11.5. The van der Waals surface area contributed by atoms with Crippen LogP contribution in [-0.4, -0.2) is 14.2 Å². The Hall–Kier alpha value is -2.01. The van der Waals surface area contributed by atoms with E-state index in [-0.39, 0.29) is 0 Å². The quantitative estimate of drug-likeness (QED) is 0.917. The molecule has 0 heterocycles. The SMILES string of the molecule is CNCc1cc(-c2ccc(C(F)(F)F)cc2)ccc1OC. The topological polar surface area (TPSA) is 21.3 Å². The van der Waals surface area contributed by atoms with Crippen LogP contribution in [0.15, 0.2) is 42.5 Å². The molecule has 112 valence electrons. The molecule has 0 saturated heterocycles. The van der Waals surface area contributed by atoms with Gasteiger partial charge in [-0.3, -0.25) is 0 Å². The van der Waals surface area contributed by atoms with Crippen molar-refractivity contribution in [2.24, 2.45) is 0 Å². The van der Waals surface area contributed by atoms with Crippen LogP contribution in [-0.2, 0) is 12.7 Å². The van der Waals surface area contributed by atoms with Crippen molar-refractivity contribution in [1.82, 2.24) is 5.32 Å². The third kappa shape index (κ3) is 3.55. The highest BCUT2D eigenvalue weighted by molar-refractivity contribution is 5.66. The summed E-state index contributed by atoms with van der Waals surface area (Å²) in [5.41, 5.74) is 1.91. The van der Waals surface area contributed by atoms with E-state index in [1.807, 2.05) is 25.2 Å². The van der Waals surface area contributed by atoms with Crippen LogP contribution in [0.1, 0.15) is 11.1 Å². The summed E-state index contributed by atoms with van der Waals surface area (Å²) in [5, 5.41) is 3.04. The number of alkyl halides is 3. The molecule has 5 heteroatoms. The summed E-state index contributed by atoms with van der Waals surface area (Å²) < 4.78 is 42.9. The maximum absolute atomic E-state index is 12.6. The number of nitrogens with one attached hydrogen (secondary N) is 1. The molecule has 0 aliphatic rings. The molecule has 0 bridgehead atoms. The van der Waals surface area contributed by atoms with Gasteiger partial charge in [-0.15, -0.1) is 0 Å². The third-order valence-electron chi connectivity index (χ3n) is 3.19. The molecular formula is C16H16F3NO. The molecule has 0 unspecified atom stereocenters. The Bertz CT molecular complexity index is 606. The highest BCUT2D eigenvalue weighted by Gasteiger charge is 2.29. The highest BCUT2D eigenvalue weighted by atomic mass is 19.4. The van der Waals surface area contributed by atoms with Crippen molar-refractivity contribution in [3.8, 4) is 16.9 Å². The molecule has 1 N–H and O–H groups in total. The lowest BCUT2D eigenvalue weighted by Gasteiger charge is -2.12. The zero-order valence-corrected chi connectivity index (χ0v) is 11.8. The molecule has 0 aromatic heterocycles. The summed E-state index contributed by atoms with van der Waals surface area (Å²) in [6.07, 6.45) is -4.31. The van der Waals surface area contributed by atoms with E-state index >= 15 is 0 Å². The molecule has 0 fully saturated rings. The van der Waals surface area contributed by atoms with E-state index in [2.05, 4.69) is 5.32 Å². The fraction of sp³-hybridized carbons (Fsp3) is 0.250. The fourth-order valence-electron chi connectivity index (χ4n) is 2.14. The highest BCUT2D eigenvalue weighted by Crippen LogP contribution is 2.32. The molecule has 0 radical (unpaired) electrons. The minimum Gasteiger partial charge on any atom is -0.496 e. The van der Waals surface area contributed by atoms with Crippen molar-refractivity contribution < 1.29 is 17.9 Å². The predicted molar refractivity (Wildman–Crippen MR) is 76.2 cm³/mol. The van der Waals surface area contributed by atoms with Gasteiger partial charge in [-0.25, -0.2) is 0 Å². The van der Waals surface area contributed by atoms with Crippen LogP contribution in [0.4, 0.5) is 13.2 Å². The first-order valence-corrected chi connectivity index (χ1v) is 6.45. The Kier molecular flexibility index (Phi) is 4.53. The third-order valence-corrected chi connectivity index (χ3v) is 3.19. The maximum Gasteiger partial charge on any atom is 0.416 e. The standard InChI is InChI=1S/C16H16F3NO/c1-20-10-13-9-12(5-8-15(13)21-2)11-3-6-14(7-4-11)16(17,18)19/h3-9,20H,10H2,1-2H3. The van der Waals surface area contributed by atoms with Crippen molar-refractivity contribution in [3.05, 3.63) is 53.6 Å². The smallest absolute Gasteiger partial charge is 0.416 e. The Morgan fingerprint density at radius 1 is 1.00 bits per heavy atom. The predicted octanol–water partition coefficient (Wildman–Crippen LogP) is 4.10. The van der Waals surface area contributed by atoms with E-state index in [4.69, 9.17) is 4.74 Å². The second-order valence-corrected chi connectivity index (χ2v) is 4.63. The molecule has 21 heavy (non-hydrogen) atoms. The molecule has 2 aromatic carbocycles. The Morgan fingerprint density at radius 2 is 1.62 bits per heavy atom. The van der Waals surface area contributed by atoms with E-state index in [1.165, 1.54) is 12.1 Å². The summed E-state index contributed by atoms with van der Waals surface area (Å²) in [6, 6.07) is 10.7. The van der Waals surface area contributed by atoms with Crippen molar-refractivity contribution >= 4 is 0 Å². The van der Waals surface area contributed by atoms with E-state index < -0.39 is 11.7 Å². The number of ether oxygens (including phenoxy) is 1. The Morgan fingerprint density at radius 3 is 2.14 bits per heavy atom. The van der Waals surface area contributed by atoms with Gasteiger partial charge in [0.05, 0.1) is 12.7 Å². The Labute approximate surface area is 121 Å². The zero-order chi connectivity index (χ0) is 15.5. The monoisotopic (exact) mass is 295 g/mol. The number of methoxy groups -OCH3 is 1. The van der Waals surface area contributed by atoms with E-state index in [1.54, 1.807) is 7.11 Å². The first-order chi connectivity index (χ1) is 9.95. The van der Waals surface area contributed by atoms with Gasteiger partial charge in [0.2, 0.25) is 0 Å². The molecule has 2 aromatic rings. The lowest BCUT2D eigenvalue weighted by molar-refractivity contribution is -0.137. The van der Waals surface area contributed by atoms with Crippen LogP contribution in [0, 0.1) is 0 Å². The minimum atomic E-state index is -4.31. The molecule has 0 spiro atoms. The second kappa shape index (κ2) is 6.18. The van der Waals surface area contributed by atoms with Crippen molar-refractivity contribution in [3.63, 3.8) is 0 Å². The summed E-state index contributed by atoms with van der Waals surface area (Å²) in [6.45, 7) is 0.623. The zero-order valence-electron chi connectivity index (χ0n) is 11.8. The molecular weight excluding hydrogens is 279 g/mol. The molecule has 2 rings (SSSR count). The van der Waals surface area contributed by atoms with Crippen molar-refractivity contribution in [2.75, 3.05) is 14.2 Å². The first kappa shape index (κ1) is 15.4. The number of rotatable bonds is 4. The molecule has 0 atom stereocenters. The van der Waals surface area contributed by atoms with Crippen molar-refractivity contribution in [1.29, 1.82) is 0 Å². The van der Waals surface area contributed by atoms with Crippen LogP contribution in [0.5, 0.6) is 5.75 Å². The molecule has 0 saturated carbocycles. The lowest BCUT2D eigenvalue weighted by atomic mass is 10.0. The van der Waals surface area contributed by atoms with Crippen LogP contribution < -0.4 is 10.1 Å². The van der Waals surface area contributed by atoms with E-state index in [9.17, 15) is 13.2 Å². The van der Waals surface area contributed by atoms with Crippen LogP contribution in [0.2, 0.25) is 0 Å². The average molecular weight is 295 g/mol. The van der Waals surface area contributed by atoms with Gasteiger partial charge in [-0.1, -0.05) is 18.2 Å². The number of hydrogen-bond donors (Lipinski definition) is 1. The maximum atomic E-state index is 12.6. The van der Waals surface area contributed by atoms with Crippen LogP contribution >= 0.6 is 0 Å². The molecule has 0 aliphatic heterocycles. The molecule has 0 aliphatic carbocycles. The van der Waals surface area contributed by atoms with Gasteiger partial charge in [0, 0.05) is 12.1 Å². The van der Waals surface area contributed by atoms with E-state index in [0.29, 0.717) is 6.54 Å². The molecule has 0 amide bonds. The van der Waals surface area contributed by atoms with Gasteiger partial charge in [-0.05, 0) is 42.4 Å². The summed E-state index contributed by atoms with van der Waals surface area (Å²) in [4.78, 5) is 0. The van der Waals surface area contributed by atoms with Crippen LogP contribution in [0.25, 0.3) is 11.1 Å². The summed E-state index contributed by atoms with van der Waals surface area (Å²) in [7, 11) is 3.41. The number of halogens is 3. The minimum absolute atomic E-state index is 0.623. The summed E-state index contributed by atoms with van der Waals surface area (Å²) in [5.74, 6) is 0.750. The summed E-state index contributed by atoms with van der Waals surface area (Å²) >= 11 is 0. The lowest BCUT2D eigenvalue weighted by Crippen LogP contribution is -2.07. The second-order valence-electron chi connectivity index (χ2n) is 4.63. The molecule has 2 nitrogen and oxygen atoms in total. The van der Waals surface area contributed by atoms with Crippen molar-refractivity contribution in [2.45, 2.75) is 12.7 Å². The average Bonchev–Trinajstić information content (AvgIpc) is 2.47. The number of benzene rings is 2. The largest absolute Gasteiger partial charge is 0.496 e. The van der Waals surface area contributed by atoms with Gasteiger partial charge in [-0.2, -0.15) is 13.2 Å². The fourth-order valence-corrected chi connectivity index (χ4v) is 2.14. The van der Waals surface area contributed by atoms with Gasteiger partial charge >= 0.3 is 6.18 Å². The van der Waals surface area contributed by atoms with Gasteiger partial charge < -0.3 is 10.1 Å². The van der Waals surface area contributed by atoms with Gasteiger partial charge in [0.1, 0.15) is 5.75 Å². The Balaban J connectivity index is 2.35. The number of hydrogen-bond acceptors (Lipinski definition) is 2. The van der Waals surface area contributed by atoms with Gasteiger partial charge in [0.15, 0.2) is 0 Å². The van der Waals surface area contributed by atoms with E-state index in [0.717, 1.165) is 34.6 Å². The van der Waals surface area contributed by atoms with Crippen LogP contribution in [0.3, 0.4) is 0 Å². The first-order valence-electron chi connectivity index (χ1n) is 6.45. The van der Waals surface area contributed by atoms with Gasteiger partial charge in [0.25, 0.3) is 0 Å².